The van der Waals surface area contributed by atoms with Gasteiger partial charge < -0.3 is 10.2 Å². The summed E-state index contributed by atoms with van der Waals surface area (Å²) in [6, 6.07) is 8.57. The van der Waals surface area contributed by atoms with Crippen molar-refractivity contribution in [3.05, 3.63) is 52.0 Å². The molecule has 0 unspecified atom stereocenters. The van der Waals surface area contributed by atoms with Gasteiger partial charge in [-0.25, -0.2) is 0 Å². The predicted octanol–water partition coefficient (Wildman–Crippen LogP) is 3.01. The van der Waals surface area contributed by atoms with Crippen LogP contribution >= 0.6 is 35.3 Å². The van der Waals surface area contributed by atoms with Crippen LogP contribution in [-0.2, 0) is 13.0 Å². The molecule has 1 aliphatic rings. The van der Waals surface area contributed by atoms with Crippen LogP contribution < -0.4 is 5.32 Å². The molecule has 0 radical (unpaired) electrons. The maximum absolute atomic E-state index is 4.46. The highest BCUT2D eigenvalue weighted by Gasteiger charge is 2.19. The van der Waals surface area contributed by atoms with E-state index in [0.29, 0.717) is 0 Å². The number of nitrogens with zero attached hydrogens (tertiary/aromatic N) is 4. The highest BCUT2D eigenvalue weighted by atomic mass is 127. The van der Waals surface area contributed by atoms with E-state index in [-0.39, 0.29) is 24.0 Å². The van der Waals surface area contributed by atoms with E-state index in [1.54, 1.807) is 0 Å². The SMILES string of the molecule is CN=C(NCCc1ccc(C)nc1)N1CCN(Cc2cccs2)CC1.I. The molecule has 3 rings (SSSR count). The predicted molar refractivity (Wildman–Crippen MR) is 121 cm³/mol. The number of aromatic nitrogens is 1. The number of guanidine groups is 1. The van der Waals surface area contributed by atoms with Crippen LogP contribution in [0.4, 0.5) is 0 Å². The third kappa shape index (κ3) is 6.21. The number of rotatable bonds is 5. The summed E-state index contributed by atoms with van der Waals surface area (Å²) in [5.41, 5.74) is 2.32. The third-order valence-electron chi connectivity index (χ3n) is 4.51. The molecule has 0 bridgehead atoms. The molecule has 0 amide bonds. The molecule has 1 aliphatic heterocycles. The Morgan fingerprint density at radius 1 is 1.23 bits per heavy atom. The van der Waals surface area contributed by atoms with Crippen molar-refractivity contribution in [2.75, 3.05) is 39.8 Å². The molecule has 5 nitrogen and oxygen atoms in total. The van der Waals surface area contributed by atoms with Gasteiger partial charge in [0.2, 0.25) is 0 Å². The molecule has 142 valence electrons. The molecule has 3 heterocycles. The Balaban J connectivity index is 0.00000243. The topological polar surface area (TPSA) is 43.8 Å². The van der Waals surface area contributed by atoms with Gasteiger partial charge in [-0.15, -0.1) is 35.3 Å². The van der Waals surface area contributed by atoms with E-state index in [1.165, 1.54) is 10.4 Å². The first-order valence-electron chi connectivity index (χ1n) is 8.86. The number of pyridine rings is 1. The van der Waals surface area contributed by atoms with Gasteiger partial charge in [-0.05, 0) is 36.4 Å². The second-order valence-corrected chi connectivity index (χ2v) is 7.41. The van der Waals surface area contributed by atoms with Gasteiger partial charge in [0, 0.05) is 63.1 Å². The van der Waals surface area contributed by atoms with Gasteiger partial charge in [0.15, 0.2) is 5.96 Å². The van der Waals surface area contributed by atoms with Crippen molar-refractivity contribution in [2.45, 2.75) is 19.9 Å². The fraction of sp³-hybridized carbons (Fsp3) is 0.474. The first-order valence-corrected chi connectivity index (χ1v) is 9.74. The van der Waals surface area contributed by atoms with Gasteiger partial charge >= 0.3 is 0 Å². The van der Waals surface area contributed by atoms with Crippen molar-refractivity contribution >= 4 is 41.3 Å². The Labute approximate surface area is 177 Å². The van der Waals surface area contributed by atoms with Crippen LogP contribution in [0.2, 0.25) is 0 Å². The van der Waals surface area contributed by atoms with Crippen LogP contribution in [0, 0.1) is 6.92 Å². The minimum atomic E-state index is 0. The summed E-state index contributed by atoms with van der Waals surface area (Å²) in [6.07, 6.45) is 2.92. The van der Waals surface area contributed by atoms with Gasteiger partial charge in [0.05, 0.1) is 0 Å². The van der Waals surface area contributed by atoms with Gasteiger partial charge in [-0.2, -0.15) is 0 Å². The van der Waals surface area contributed by atoms with E-state index in [9.17, 15) is 0 Å². The van der Waals surface area contributed by atoms with Gasteiger partial charge in [-0.1, -0.05) is 12.1 Å². The minimum Gasteiger partial charge on any atom is -0.356 e. The van der Waals surface area contributed by atoms with E-state index in [1.807, 2.05) is 31.5 Å². The molecule has 1 fully saturated rings. The largest absolute Gasteiger partial charge is 0.356 e. The van der Waals surface area contributed by atoms with E-state index >= 15 is 0 Å². The van der Waals surface area contributed by atoms with Crippen molar-refractivity contribution in [2.24, 2.45) is 4.99 Å². The molecule has 1 N–H and O–H groups in total. The van der Waals surface area contributed by atoms with Crippen LogP contribution in [0.5, 0.6) is 0 Å². The van der Waals surface area contributed by atoms with Crippen LogP contribution in [0.3, 0.4) is 0 Å². The first kappa shape index (κ1) is 21.1. The molecular weight excluding hydrogens is 457 g/mol. The average Bonchev–Trinajstić information content (AvgIpc) is 3.14. The molecule has 0 spiro atoms. The number of thiophene rings is 1. The smallest absolute Gasteiger partial charge is 0.193 e. The molecule has 2 aromatic heterocycles. The number of hydrogen-bond donors (Lipinski definition) is 1. The van der Waals surface area contributed by atoms with Crippen molar-refractivity contribution < 1.29 is 0 Å². The van der Waals surface area contributed by atoms with E-state index < -0.39 is 0 Å². The summed E-state index contributed by atoms with van der Waals surface area (Å²) in [5, 5.41) is 5.65. The zero-order chi connectivity index (χ0) is 17.5. The van der Waals surface area contributed by atoms with Gasteiger partial charge in [0.25, 0.3) is 0 Å². The highest BCUT2D eigenvalue weighted by molar-refractivity contribution is 14.0. The summed E-state index contributed by atoms with van der Waals surface area (Å²) < 4.78 is 0. The van der Waals surface area contributed by atoms with E-state index in [0.717, 1.165) is 57.3 Å². The summed E-state index contributed by atoms with van der Waals surface area (Å²) >= 11 is 1.84. The minimum absolute atomic E-state index is 0. The second-order valence-electron chi connectivity index (χ2n) is 6.37. The normalized spacial score (nSPS) is 15.6. The number of aliphatic imine (C=N–C) groups is 1. The lowest BCUT2D eigenvalue weighted by molar-refractivity contribution is 0.174. The fourth-order valence-electron chi connectivity index (χ4n) is 3.04. The molecule has 1 saturated heterocycles. The number of halogens is 1. The van der Waals surface area contributed by atoms with Crippen LogP contribution in [0.15, 0.2) is 40.8 Å². The molecule has 26 heavy (non-hydrogen) atoms. The van der Waals surface area contributed by atoms with Crippen molar-refractivity contribution in [1.82, 2.24) is 20.1 Å². The van der Waals surface area contributed by atoms with Crippen LogP contribution in [0.25, 0.3) is 0 Å². The van der Waals surface area contributed by atoms with Crippen LogP contribution in [-0.4, -0.2) is 60.5 Å². The Morgan fingerprint density at radius 2 is 2.04 bits per heavy atom. The van der Waals surface area contributed by atoms with Gasteiger partial charge in [-0.3, -0.25) is 14.9 Å². The van der Waals surface area contributed by atoms with Crippen molar-refractivity contribution in [3.8, 4) is 0 Å². The standard InChI is InChI=1S/C19H27N5S.HI/c1-16-5-6-17(14-22-16)7-8-21-19(20-2)24-11-9-23(10-12-24)15-18-4-3-13-25-18;/h3-6,13-14H,7-12,15H2,1-2H3,(H,20,21);1H. The fourth-order valence-corrected chi connectivity index (χ4v) is 3.78. The molecule has 0 aliphatic carbocycles. The zero-order valence-electron chi connectivity index (χ0n) is 15.5. The lowest BCUT2D eigenvalue weighted by Crippen LogP contribution is -2.52. The molecule has 0 saturated carbocycles. The number of aryl methyl sites for hydroxylation is 1. The Hall–Kier alpha value is -1.19. The van der Waals surface area contributed by atoms with Crippen molar-refractivity contribution in [3.63, 3.8) is 0 Å². The summed E-state index contributed by atoms with van der Waals surface area (Å²) in [7, 11) is 1.87. The molecule has 0 atom stereocenters. The average molecular weight is 485 g/mol. The quantitative estimate of drug-likeness (QED) is 0.402. The highest BCUT2D eigenvalue weighted by Crippen LogP contribution is 2.13. The van der Waals surface area contributed by atoms with Crippen molar-refractivity contribution in [1.29, 1.82) is 0 Å². The molecule has 7 heteroatoms. The Kier molecular flexibility index (Phi) is 8.80. The summed E-state index contributed by atoms with van der Waals surface area (Å²) in [5.74, 6) is 1.01. The molecule has 0 aromatic carbocycles. The van der Waals surface area contributed by atoms with E-state index in [2.05, 4.69) is 54.7 Å². The monoisotopic (exact) mass is 485 g/mol. The maximum atomic E-state index is 4.46. The summed E-state index contributed by atoms with van der Waals surface area (Å²) in [4.78, 5) is 15.1. The number of nitrogens with one attached hydrogen (secondary N) is 1. The zero-order valence-corrected chi connectivity index (χ0v) is 18.7. The lowest BCUT2D eigenvalue weighted by Gasteiger charge is -2.36. The Bertz CT molecular complexity index is 664. The van der Waals surface area contributed by atoms with Gasteiger partial charge in [0.1, 0.15) is 0 Å². The van der Waals surface area contributed by atoms with E-state index in [4.69, 9.17) is 0 Å². The summed E-state index contributed by atoms with van der Waals surface area (Å²) in [6.45, 7) is 8.18. The third-order valence-corrected chi connectivity index (χ3v) is 5.37. The maximum Gasteiger partial charge on any atom is 0.193 e. The number of piperazine rings is 1. The first-order chi connectivity index (χ1) is 12.2. The second kappa shape index (κ2) is 10.8. The lowest BCUT2D eigenvalue weighted by atomic mass is 10.2. The van der Waals surface area contributed by atoms with Crippen LogP contribution in [0.1, 0.15) is 16.1 Å². The Morgan fingerprint density at radius 3 is 2.65 bits per heavy atom. The molecular formula is C19H28IN5S. The molecule has 2 aromatic rings. The number of hydrogen-bond acceptors (Lipinski definition) is 4.